The Balaban J connectivity index is 1.38. The standard InChI is InChI=1S/C23H22F2N4O2/c24-18-5-7-19(8-6-18)29-22(30)10-9-21(27-29)28-13-11-16(12-14-28)23(31)26-15-17-3-1-2-4-20(17)25/h1-10,16H,11-15H2,(H,26,31). The van der Waals surface area contributed by atoms with Gasteiger partial charge < -0.3 is 10.2 Å². The number of piperidine rings is 1. The summed E-state index contributed by atoms with van der Waals surface area (Å²) in [6.07, 6.45) is 1.25. The molecule has 0 aliphatic carbocycles. The van der Waals surface area contributed by atoms with E-state index >= 15 is 0 Å². The van der Waals surface area contributed by atoms with E-state index in [1.54, 1.807) is 24.3 Å². The second-order valence-corrected chi connectivity index (χ2v) is 7.49. The summed E-state index contributed by atoms with van der Waals surface area (Å²) in [5.74, 6) is -0.351. The molecule has 1 N–H and O–H groups in total. The number of carbonyl (C=O) groups excluding carboxylic acids is 1. The normalized spacial score (nSPS) is 14.5. The molecular weight excluding hydrogens is 402 g/mol. The zero-order valence-electron chi connectivity index (χ0n) is 16.8. The van der Waals surface area contributed by atoms with Gasteiger partial charge in [0.2, 0.25) is 5.91 Å². The Hall–Kier alpha value is -3.55. The van der Waals surface area contributed by atoms with Crippen molar-refractivity contribution < 1.29 is 13.6 Å². The third kappa shape index (κ3) is 4.79. The maximum absolute atomic E-state index is 13.7. The molecule has 160 valence electrons. The van der Waals surface area contributed by atoms with Gasteiger partial charge in [0.05, 0.1) is 5.69 Å². The molecule has 3 aromatic rings. The van der Waals surface area contributed by atoms with Crippen molar-refractivity contribution in [3.8, 4) is 5.69 Å². The number of nitrogens with one attached hydrogen (secondary N) is 1. The Morgan fingerprint density at radius 1 is 1.00 bits per heavy atom. The van der Waals surface area contributed by atoms with Gasteiger partial charge in [0.15, 0.2) is 0 Å². The van der Waals surface area contributed by atoms with E-state index in [1.165, 1.54) is 41.1 Å². The van der Waals surface area contributed by atoms with E-state index in [0.717, 1.165) is 0 Å². The highest BCUT2D eigenvalue weighted by Crippen LogP contribution is 2.22. The van der Waals surface area contributed by atoms with Crippen molar-refractivity contribution in [1.82, 2.24) is 15.1 Å². The molecule has 2 aromatic carbocycles. The average molecular weight is 424 g/mol. The van der Waals surface area contributed by atoms with Crippen LogP contribution < -0.4 is 15.8 Å². The minimum atomic E-state index is -0.386. The van der Waals surface area contributed by atoms with Crippen LogP contribution in [0.5, 0.6) is 0 Å². The first-order chi connectivity index (χ1) is 15.0. The molecule has 31 heavy (non-hydrogen) atoms. The molecule has 1 aromatic heterocycles. The molecule has 1 saturated heterocycles. The fourth-order valence-corrected chi connectivity index (χ4v) is 3.68. The summed E-state index contributed by atoms with van der Waals surface area (Å²) >= 11 is 0. The number of hydrogen-bond acceptors (Lipinski definition) is 4. The van der Waals surface area contributed by atoms with Crippen molar-refractivity contribution in [1.29, 1.82) is 0 Å². The van der Waals surface area contributed by atoms with Gasteiger partial charge in [0, 0.05) is 37.2 Å². The van der Waals surface area contributed by atoms with Gasteiger partial charge in [0.1, 0.15) is 17.5 Å². The Bertz CT molecular complexity index is 1120. The van der Waals surface area contributed by atoms with Crippen molar-refractivity contribution in [2.24, 2.45) is 5.92 Å². The van der Waals surface area contributed by atoms with E-state index in [1.807, 2.05) is 4.90 Å². The van der Waals surface area contributed by atoms with Crippen LogP contribution in [0.15, 0.2) is 65.5 Å². The lowest BCUT2D eigenvalue weighted by Gasteiger charge is -2.32. The van der Waals surface area contributed by atoms with Crippen LogP contribution >= 0.6 is 0 Å². The van der Waals surface area contributed by atoms with E-state index in [2.05, 4.69) is 10.4 Å². The second kappa shape index (κ2) is 9.07. The first kappa shape index (κ1) is 20.7. The molecule has 1 amide bonds. The fraction of sp³-hybridized carbons (Fsp3) is 0.261. The molecular formula is C23H22F2N4O2. The van der Waals surface area contributed by atoms with Crippen molar-refractivity contribution in [2.45, 2.75) is 19.4 Å². The molecule has 2 heterocycles. The second-order valence-electron chi connectivity index (χ2n) is 7.49. The minimum Gasteiger partial charge on any atom is -0.355 e. The highest BCUT2D eigenvalue weighted by molar-refractivity contribution is 5.79. The zero-order chi connectivity index (χ0) is 21.8. The van der Waals surface area contributed by atoms with Crippen molar-refractivity contribution in [3.63, 3.8) is 0 Å². The number of carbonyl (C=O) groups is 1. The summed E-state index contributed by atoms with van der Waals surface area (Å²) < 4.78 is 28.1. The fourth-order valence-electron chi connectivity index (χ4n) is 3.68. The van der Waals surface area contributed by atoms with E-state index in [-0.39, 0.29) is 35.6 Å². The van der Waals surface area contributed by atoms with Gasteiger partial charge in [-0.2, -0.15) is 4.68 Å². The molecule has 1 aliphatic heterocycles. The number of benzene rings is 2. The highest BCUT2D eigenvalue weighted by Gasteiger charge is 2.26. The number of aromatic nitrogens is 2. The summed E-state index contributed by atoms with van der Waals surface area (Å²) in [4.78, 5) is 26.7. The van der Waals surface area contributed by atoms with E-state index in [4.69, 9.17) is 0 Å². The molecule has 8 heteroatoms. The van der Waals surface area contributed by atoms with E-state index in [0.29, 0.717) is 43.0 Å². The summed E-state index contributed by atoms with van der Waals surface area (Å²) in [6, 6.07) is 15.0. The van der Waals surface area contributed by atoms with Gasteiger partial charge in [-0.25, -0.2) is 8.78 Å². The number of anilines is 1. The molecule has 0 bridgehead atoms. The van der Waals surface area contributed by atoms with Crippen molar-refractivity contribution >= 4 is 11.7 Å². The lowest BCUT2D eigenvalue weighted by Crippen LogP contribution is -2.41. The van der Waals surface area contributed by atoms with E-state index in [9.17, 15) is 18.4 Å². The molecule has 6 nitrogen and oxygen atoms in total. The average Bonchev–Trinajstić information content (AvgIpc) is 2.79. The van der Waals surface area contributed by atoms with Crippen LogP contribution in [0.4, 0.5) is 14.6 Å². The van der Waals surface area contributed by atoms with Crippen LogP contribution in [0.2, 0.25) is 0 Å². The van der Waals surface area contributed by atoms with Gasteiger partial charge in [-0.05, 0) is 49.2 Å². The molecule has 1 aliphatic rings. The van der Waals surface area contributed by atoms with Gasteiger partial charge in [-0.3, -0.25) is 9.59 Å². The molecule has 4 rings (SSSR count). The highest BCUT2D eigenvalue weighted by atomic mass is 19.1. The van der Waals surface area contributed by atoms with Crippen molar-refractivity contribution in [3.05, 3.63) is 88.2 Å². The molecule has 0 unspecified atom stereocenters. The number of rotatable bonds is 5. The quantitative estimate of drug-likeness (QED) is 0.684. The number of halogens is 2. The Morgan fingerprint density at radius 3 is 2.42 bits per heavy atom. The van der Waals surface area contributed by atoms with Crippen LogP contribution in [-0.2, 0) is 11.3 Å². The van der Waals surface area contributed by atoms with Crippen LogP contribution in [0.1, 0.15) is 18.4 Å². The lowest BCUT2D eigenvalue weighted by molar-refractivity contribution is -0.125. The monoisotopic (exact) mass is 424 g/mol. The van der Waals surface area contributed by atoms with Gasteiger partial charge in [0.25, 0.3) is 5.56 Å². The third-order valence-electron chi connectivity index (χ3n) is 5.46. The molecule has 0 saturated carbocycles. The maximum Gasteiger partial charge on any atom is 0.271 e. The molecule has 1 fully saturated rings. The van der Waals surface area contributed by atoms with Gasteiger partial charge in [-0.1, -0.05) is 18.2 Å². The predicted molar refractivity (Wildman–Crippen MR) is 113 cm³/mol. The van der Waals surface area contributed by atoms with Crippen molar-refractivity contribution in [2.75, 3.05) is 18.0 Å². The number of amides is 1. The Morgan fingerprint density at radius 2 is 1.71 bits per heavy atom. The van der Waals surface area contributed by atoms with Gasteiger partial charge >= 0.3 is 0 Å². The largest absolute Gasteiger partial charge is 0.355 e. The smallest absolute Gasteiger partial charge is 0.271 e. The SMILES string of the molecule is O=C(NCc1ccccc1F)C1CCN(c2ccc(=O)n(-c3ccc(F)cc3)n2)CC1. The molecule has 0 atom stereocenters. The molecule has 0 spiro atoms. The topological polar surface area (TPSA) is 67.2 Å². The number of nitrogens with zero attached hydrogens (tertiary/aromatic N) is 3. The first-order valence-corrected chi connectivity index (χ1v) is 10.1. The lowest BCUT2D eigenvalue weighted by atomic mass is 9.96. The predicted octanol–water partition coefficient (Wildman–Crippen LogP) is 3.04. The van der Waals surface area contributed by atoms with Crippen LogP contribution in [-0.4, -0.2) is 28.8 Å². The van der Waals surface area contributed by atoms with Crippen LogP contribution in [0.25, 0.3) is 5.69 Å². The maximum atomic E-state index is 13.7. The Labute approximate surface area is 178 Å². The van der Waals surface area contributed by atoms with Crippen LogP contribution in [0, 0.1) is 17.6 Å². The molecule has 0 radical (unpaired) electrons. The summed E-state index contributed by atoms with van der Waals surface area (Å²) in [5.41, 5.74) is 0.633. The number of hydrogen-bond donors (Lipinski definition) is 1. The summed E-state index contributed by atoms with van der Waals surface area (Å²) in [5, 5.41) is 7.23. The first-order valence-electron chi connectivity index (χ1n) is 10.1. The minimum absolute atomic E-state index is 0.0906. The Kier molecular flexibility index (Phi) is 6.06. The van der Waals surface area contributed by atoms with Crippen LogP contribution in [0.3, 0.4) is 0 Å². The summed E-state index contributed by atoms with van der Waals surface area (Å²) in [7, 11) is 0. The zero-order valence-corrected chi connectivity index (χ0v) is 16.8. The third-order valence-corrected chi connectivity index (χ3v) is 5.46. The van der Waals surface area contributed by atoms with Gasteiger partial charge in [-0.15, -0.1) is 5.10 Å². The summed E-state index contributed by atoms with van der Waals surface area (Å²) in [6.45, 7) is 1.37. The van der Waals surface area contributed by atoms with E-state index < -0.39 is 0 Å².